The number of hydrogen-bond donors (Lipinski definition) is 1. The summed E-state index contributed by atoms with van der Waals surface area (Å²) in [6, 6.07) is 15.5. The van der Waals surface area contributed by atoms with Gasteiger partial charge in [0.25, 0.3) is 5.69 Å². The van der Waals surface area contributed by atoms with Gasteiger partial charge in [-0.15, -0.1) is 0 Å². The third-order valence-electron chi connectivity index (χ3n) is 4.31. The predicted molar refractivity (Wildman–Crippen MR) is 103 cm³/mol. The summed E-state index contributed by atoms with van der Waals surface area (Å²) < 4.78 is 14.9. The minimum absolute atomic E-state index is 0.0254. The van der Waals surface area contributed by atoms with Crippen molar-refractivity contribution in [3.63, 3.8) is 0 Å². The molecule has 0 aliphatic heterocycles. The molecule has 0 amide bonds. The Bertz CT molecular complexity index is 1140. The van der Waals surface area contributed by atoms with Gasteiger partial charge in [-0.05, 0) is 42.0 Å². The zero-order valence-corrected chi connectivity index (χ0v) is 14.5. The van der Waals surface area contributed by atoms with Crippen molar-refractivity contribution in [2.45, 2.75) is 0 Å². The highest BCUT2D eigenvalue weighted by molar-refractivity contribution is 5.88. The molecule has 4 rings (SSSR count). The first-order valence-electron chi connectivity index (χ1n) is 8.34. The van der Waals surface area contributed by atoms with Crippen LogP contribution in [0, 0.1) is 15.9 Å². The Morgan fingerprint density at radius 1 is 0.929 bits per heavy atom. The van der Waals surface area contributed by atoms with Gasteiger partial charge in [-0.3, -0.25) is 15.1 Å². The van der Waals surface area contributed by atoms with E-state index in [0.717, 1.165) is 5.56 Å². The van der Waals surface area contributed by atoms with E-state index < -0.39 is 4.92 Å². The Morgan fingerprint density at radius 2 is 1.57 bits per heavy atom. The number of nitro benzene ring substituents is 1. The first kappa shape index (κ1) is 17.3. The van der Waals surface area contributed by atoms with Crippen molar-refractivity contribution in [3.05, 3.63) is 89.0 Å². The van der Waals surface area contributed by atoms with E-state index in [4.69, 9.17) is 5.73 Å². The second-order valence-electron chi connectivity index (χ2n) is 6.04. The lowest BCUT2D eigenvalue weighted by Gasteiger charge is -2.06. The molecule has 2 heterocycles. The predicted octanol–water partition coefficient (Wildman–Crippen LogP) is 4.23. The van der Waals surface area contributed by atoms with Gasteiger partial charge in [-0.25, -0.2) is 9.07 Å². The molecule has 8 heteroatoms. The Labute approximate surface area is 159 Å². The minimum atomic E-state index is -0.470. The van der Waals surface area contributed by atoms with Crippen LogP contribution in [0.3, 0.4) is 0 Å². The Kier molecular flexibility index (Phi) is 4.29. The first-order chi connectivity index (χ1) is 13.5. The van der Waals surface area contributed by atoms with Crippen molar-refractivity contribution >= 4 is 11.5 Å². The topological polar surface area (TPSA) is 99.9 Å². The molecule has 0 aliphatic carbocycles. The normalized spacial score (nSPS) is 10.8. The number of rotatable bonds is 4. The molecule has 7 nitrogen and oxygen atoms in total. The van der Waals surface area contributed by atoms with Crippen LogP contribution in [0.15, 0.2) is 73.1 Å². The van der Waals surface area contributed by atoms with Gasteiger partial charge >= 0.3 is 0 Å². The molecule has 0 bridgehead atoms. The van der Waals surface area contributed by atoms with Crippen molar-refractivity contribution in [1.29, 1.82) is 0 Å². The van der Waals surface area contributed by atoms with E-state index in [-0.39, 0.29) is 11.5 Å². The van der Waals surface area contributed by atoms with Gasteiger partial charge in [0.05, 0.1) is 16.2 Å². The van der Waals surface area contributed by atoms with Gasteiger partial charge in [0.2, 0.25) is 0 Å². The molecule has 138 valence electrons. The van der Waals surface area contributed by atoms with Crippen molar-refractivity contribution in [2.24, 2.45) is 0 Å². The minimum Gasteiger partial charge on any atom is -0.383 e. The van der Waals surface area contributed by atoms with E-state index in [1.807, 2.05) is 0 Å². The van der Waals surface area contributed by atoms with E-state index in [1.54, 1.807) is 48.8 Å². The second kappa shape index (κ2) is 6.92. The summed E-state index contributed by atoms with van der Waals surface area (Å²) in [7, 11) is 0. The molecule has 4 aromatic rings. The van der Waals surface area contributed by atoms with E-state index in [0.29, 0.717) is 28.3 Å². The Balaban J connectivity index is 1.91. The van der Waals surface area contributed by atoms with E-state index in [1.165, 1.54) is 28.9 Å². The van der Waals surface area contributed by atoms with Crippen LogP contribution >= 0.6 is 0 Å². The second-order valence-corrected chi connectivity index (χ2v) is 6.04. The van der Waals surface area contributed by atoms with Crippen LogP contribution in [0.4, 0.5) is 15.9 Å². The molecule has 0 atom stereocenters. The number of aromatic nitrogens is 3. The lowest BCUT2D eigenvalue weighted by Crippen LogP contribution is -2.02. The molecule has 2 N–H and O–H groups in total. The third-order valence-corrected chi connectivity index (χ3v) is 4.31. The summed E-state index contributed by atoms with van der Waals surface area (Å²) >= 11 is 0. The number of nitrogens with two attached hydrogens (primary N) is 1. The molecule has 0 unspecified atom stereocenters. The van der Waals surface area contributed by atoms with Gasteiger partial charge < -0.3 is 5.73 Å². The summed E-state index contributed by atoms with van der Waals surface area (Å²) in [6.07, 6.45) is 3.29. The molecular formula is C20H14FN5O2. The van der Waals surface area contributed by atoms with E-state index in [2.05, 4.69) is 10.1 Å². The molecule has 0 saturated carbocycles. The van der Waals surface area contributed by atoms with Crippen molar-refractivity contribution in [3.8, 4) is 28.1 Å². The molecule has 0 fully saturated rings. The van der Waals surface area contributed by atoms with E-state index in [9.17, 15) is 14.5 Å². The van der Waals surface area contributed by atoms with Gasteiger partial charge in [0, 0.05) is 30.1 Å². The number of halogens is 1. The average molecular weight is 375 g/mol. The maximum Gasteiger partial charge on any atom is 0.269 e. The summed E-state index contributed by atoms with van der Waals surface area (Å²) in [5, 5.41) is 15.5. The average Bonchev–Trinajstić information content (AvgIpc) is 3.06. The Hall–Kier alpha value is -4.07. The summed E-state index contributed by atoms with van der Waals surface area (Å²) in [6.45, 7) is 0. The molecule has 2 aromatic carbocycles. The maximum absolute atomic E-state index is 13.4. The van der Waals surface area contributed by atoms with E-state index >= 15 is 0 Å². The zero-order valence-electron chi connectivity index (χ0n) is 14.5. The molecule has 0 saturated heterocycles. The highest BCUT2D eigenvalue weighted by atomic mass is 19.1. The fourth-order valence-corrected chi connectivity index (χ4v) is 2.96. The monoisotopic (exact) mass is 375 g/mol. The Morgan fingerprint density at radius 3 is 2.18 bits per heavy atom. The lowest BCUT2D eigenvalue weighted by atomic mass is 10.0. The smallest absolute Gasteiger partial charge is 0.269 e. The molecule has 0 radical (unpaired) electrons. The summed E-state index contributed by atoms with van der Waals surface area (Å²) in [5.41, 5.74) is 9.69. The highest BCUT2D eigenvalue weighted by Gasteiger charge is 2.20. The highest BCUT2D eigenvalue weighted by Crippen LogP contribution is 2.37. The van der Waals surface area contributed by atoms with Gasteiger partial charge in [-0.1, -0.05) is 12.1 Å². The zero-order chi connectivity index (χ0) is 19.7. The van der Waals surface area contributed by atoms with Crippen molar-refractivity contribution < 1.29 is 9.31 Å². The van der Waals surface area contributed by atoms with Crippen LogP contribution < -0.4 is 5.73 Å². The number of nitrogen functional groups attached to an aromatic ring is 1. The number of benzene rings is 2. The third kappa shape index (κ3) is 3.07. The number of non-ortho nitro benzene ring substituents is 1. The van der Waals surface area contributed by atoms with Crippen LogP contribution in [0.2, 0.25) is 0 Å². The molecule has 2 aromatic heterocycles. The van der Waals surface area contributed by atoms with Crippen LogP contribution in [-0.2, 0) is 0 Å². The van der Waals surface area contributed by atoms with Crippen LogP contribution in [0.25, 0.3) is 28.1 Å². The SMILES string of the molecule is Nc1c(-c2ccc(F)cc2)c(-c2ccncc2)nn1-c1ccc([N+](=O)[O-])cc1. The molecule has 0 aliphatic rings. The number of anilines is 1. The summed E-state index contributed by atoms with van der Waals surface area (Å²) in [5.74, 6) is -0.0113. The largest absolute Gasteiger partial charge is 0.383 e. The molecule has 28 heavy (non-hydrogen) atoms. The van der Waals surface area contributed by atoms with Crippen molar-refractivity contribution in [2.75, 3.05) is 5.73 Å². The van der Waals surface area contributed by atoms with Crippen molar-refractivity contribution in [1.82, 2.24) is 14.8 Å². The first-order valence-corrected chi connectivity index (χ1v) is 8.34. The number of nitrogens with zero attached hydrogens (tertiary/aromatic N) is 4. The quantitative estimate of drug-likeness (QED) is 0.425. The molecule has 0 spiro atoms. The van der Waals surface area contributed by atoms with Gasteiger partial charge in [-0.2, -0.15) is 5.10 Å². The van der Waals surface area contributed by atoms with Crippen LogP contribution in [0.5, 0.6) is 0 Å². The van der Waals surface area contributed by atoms with Gasteiger partial charge in [0.15, 0.2) is 0 Å². The molecular weight excluding hydrogens is 361 g/mol. The lowest BCUT2D eigenvalue weighted by molar-refractivity contribution is -0.384. The standard InChI is InChI=1S/C20H14FN5O2/c21-15-3-1-13(2-4-15)18-19(14-9-11-23-12-10-14)24-25(20(18)22)16-5-7-17(8-6-16)26(27)28/h1-12H,22H2. The maximum atomic E-state index is 13.4. The summed E-state index contributed by atoms with van der Waals surface area (Å²) in [4.78, 5) is 14.4. The number of pyridine rings is 1. The van der Waals surface area contributed by atoms with Crippen LogP contribution in [-0.4, -0.2) is 19.7 Å². The van der Waals surface area contributed by atoms with Gasteiger partial charge in [0.1, 0.15) is 17.3 Å². The fraction of sp³-hybridized carbons (Fsp3) is 0. The number of hydrogen-bond acceptors (Lipinski definition) is 5. The van der Waals surface area contributed by atoms with Crippen LogP contribution in [0.1, 0.15) is 0 Å². The fourth-order valence-electron chi connectivity index (χ4n) is 2.96. The number of nitro groups is 1.